The molecule has 4 rings (SSSR count). The van der Waals surface area contributed by atoms with E-state index in [1.54, 1.807) is 0 Å². The van der Waals surface area contributed by atoms with Crippen LogP contribution in [0, 0.1) is 0 Å². The molecule has 1 atom stereocenters. The molecule has 0 aliphatic carbocycles. The van der Waals surface area contributed by atoms with Gasteiger partial charge in [-0.25, -0.2) is 4.98 Å². The fourth-order valence-electron chi connectivity index (χ4n) is 3.79. The first-order valence-electron chi connectivity index (χ1n) is 8.31. The predicted octanol–water partition coefficient (Wildman–Crippen LogP) is 1.87. The third-order valence-corrected chi connectivity index (χ3v) is 5.00. The van der Waals surface area contributed by atoms with E-state index in [2.05, 4.69) is 45.7 Å². The van der Waals surface area contributed by atoms with Gasteiger partial charge < -0.3 is 14.2 Å². The van der Waals surface area contributed by atoms with Gasteiger partial charge in [-0.05, 0) is 25.0 Å². The van der Waals surface area contributed by atoms with Gasteiger partial charge in [0.2, 0.25) is 5.95 Å². The summed E-state index contributed by atoms with van der Waals surface area (Å²) in [6.45, 7) is 6.09. The molecule has 0 amide bonds. The van der Waals surface area contributed by atoms with Gasteiger partial charge in [0.25, 0.3) is 0 Å². The second-order valence-electron chi connectivity index (χ2n) is 6.35. The first kappa shape index (κ1) is 14.0. The maximum atomic E-state index is 5.49. The van der Waals surface area contributed by atoms with E-state index in [4.69, 9.17) is 9.72 Å². The number of hydrogen-bond donors (Lipinski definition) is 0. The van der Waals surface area contributed by atoms with Crippen LogP contribution in [0.2, 0.25) is 0 Å². The highest BCUT2D eigenvalue weighted by Gasteiger charge is 2.28. The highest BCUT2D eigenvalue weighted by molar-refractivity contribution is 5.78. The van der Waals surface area contributed by atoms with Gasteiger partial charge in [-0.2, -0.15) is 0 Å². The van der Waals surface area contributed by atoms with Crippen molar-refractivity contribution in [3.05, 3.63) is 24.3 Å². The quantitative estimate of drug-likeness (QED) is 0.848. The zero-order chi connectivity index (χ0) is 14.9. The molecule has 1 aromatic heterocycles. The van der Waals surface area contributed by atoms with Crippen LogP contribution >= 0.6 is 0 Å². The molecule has 2 aliphatic rings. The Labute approximate surface area is 131 Å². The standard InChI is InChI=1S/C17H24N4O/c1-19-16-7-3-2-6-15(16)18-17(19)21-8-4-5-14(13-21)20-9-11-22-12-10-20/h2-3,6-7,14H,4-5,8-13H2,1H3. The van der Waals surface area contributed by atoms with Crippen molar-refractivity contribution < 1.29 is 4.74 Å². The number of anilines is 1. The Morgan fingerprint density at radius 2 is 1.95 bits per heavy atom. The molecule has 5 heteroatoms. The summed E-state index contributed by atoms with van der Waals surface area (Å²) in [7, 11) is 2.13. The van der Waals surface area contributed by atoms with Crippen LogP contribution in [0.25, 0.3) is 11.0 Å². The minimum atomic E-state index is 0.637. The average Bonchev–Trinajstić information content (AvgIpc) is 2.93. The van der Waals surface area contributed by atoms with Gasteiger partial charge in [0.05, 0.1) is 24.2 Å². The third-order valence-electron chi connectivity index (χ3n) is 5.00. The van der Waals surface area contributed by atoms with Crippen molar-refractivity contribution in [3.63, 3.8) is 0 Å². The molecule has 2 aromatic rings. The lowest BCUT2D eigenvalue weighted by molar-refractivity contribution is 0.0136. The smallest absolute Gasteiger partial charge is 0.206 e. The molecule has 2 fully saturated rings. The molecule has 0 spiro atoms. The number of benzene rings is 1. The number of aromatic nitrogens is 2. The number of rotatable bonds is 2. The Bertz CT molecular complexity index is 647. The van der Waals surface area contributed by atoms with E-state index in [0.717, 1.165) is 50.9 Å². The molecule has 22 heavy (non-hydrogen) atoms. The zero-order valence-corrected chi connectivity index (χ0v) is 13.2. The summed E-state index contributed by atoms with van der Waals surface area (Å²) in [6, 6.07) is 9.03. The molecule has 0 bridgehead atoms. The van der Waals surface area contributed by atoms with E-state index in [-0.39, 0.29) is 0 Å². The summed E-state index contributed by atoms with van der Waals surface area (Å²) in [5, 5.41) is 0. The topological polar surface area (TPSA) is 33.5 Å². The first-order chi connectivity index (χ1) is 10.8. The second-order valence-corrected chi connectivity index (χ2v) is 6.35. The van der Waals surface area contributed by atoms with Crippen molar-refractivity contribution in [1.82, 2.24) is 14.5 Å². The largest absolute Gasteiger partial charge is 0.379 e. The molecule has 1 unspecified atom stereocenters. The first-order valence-corrected chi connectivity index (χ1v) is 8.31. The Hall–Kier alpha value is -1.59. The number of fused-ring (bicyclic) bond motifs is 1. The predicted molar refractivity (Wildman–Crippen MR) is 88.3 cm³/mol. The van der Waals surface area contributed by atoms with Gasteiger partial charge in [0.1, 0.15) is 0 Å². The van der Waals surface area contributed by atoms with E-state index in [1.165, 1.54) is 18.4 Å². The summed E-state index contributed by atoms with van der Waals surface area (Å²) >= 11 is 0. The summed E-state index contributed by atoms with van der Waals surface area (Å²) in [5.41, 5.74) is 2.31. The van der Waals surface area contributed by atoms with Crippen LogP contribution in [0.4, 0.5) is 5.95 Å². The van der Waals surface area contributed by atoms with Crippen LogP contribution in [0.15, 0.2) is 24.3 Å². The number of morpholine rings is 1. The summed E-state index contributed by atoms with van der Waals surface area (Å²) in [6.07, 6.45) is 2.53. The molecule has 0 saturated carbocycles. The van der Waals surface area contributed by atoms with Crippen LogP contribution in [0.5, 0.6) is 0 Å². The fraction of sp³-hybridized carbons (Fsp3) is 0.588. The fourth-order valence-corrected chi connectivity index (χ4v) is 3.79. The van der Waals surface area contributed by atoms with Crippen molar-refractivity contribution in [3.8, 4) is 0 Å². The van der Waals surface area contributed by atoms with Crippen LogP contribution in [-0.4, -0.2) is 59.9 Å². The Kier molecular flexibility index (Phi) is 3.76. The number of ether oxygens (including phenoxy) is 1. The molecule has 2 saturated heterocycles. The van der Waals surface area contributed by atoms with Crippen molar-refractivity contribution in [2.24, 2.45) is 7.05 Å². The maximum absolute atomic E-state index is 5.49. The highest BCUT2D eigenvalue weighted by atomic mass is 16.5. The highest BCUT2D eigenvalue weighted by Crippen LogP contribution is 2.25. The number of imidazole rings is 1. The molecule has 1 aromatic carbocycles. The molecule has 0 radical (unpaired) electrons. The lowest BCUT2D eigenvalue weighted by atomic mass is 10.0. The molecule has 3 heterocycles. The average molecular weight is 300 g/mol. The van der Waals surface area contributed by atoms with Crippen LogP contribution in [0.1, 0.15) is 12.8 Å². The van der Waals surface area contributed by atoms with Crippen molar-refractivity contribution in [2.75, 3.05) is 44.3 Å². The molecular weight excluding hydrogens is 276 g/mol. The SMILES string of the molecule is Cn1c(N2CCCC(N3CCOCC3)C2)nc2ccccc21. The van der Waals surface area contributed by atoms with E-state index in [0.29, 0.717) is 6.04 Å². The van der Waals surface area contributed by atoms with Crippen LogP contribution in [0.3, 0.4) is 0 Å². The normalized spacial score (nSPS) is 24.0. The van der Waals surface area contributed by atoms with E-state index >= 15 is 0 Å². The number of para-hydroxylation sites is 2. The van der Waals surface area contributed by atoms with Crippen molar-refractivity contribution >= 4 is 17.0 Å². The maximum Gasteiger partial charge on any atom is 0.206 e. The van der Waals surface area contributed by atoms with E-state index in [1.807, 2.05) is 0 Å². The number of aryl methyl sites for hydroxylation is 1. The van der Waals surface area contributed by atoms with Gasteiger partial charge in [0.15, 0.2) is 0 Å². The Balaban J connectivity index is 1.57. The molecule has 2 aliphatic heterocycles. The van der Waals surface area contributed by atoms with Gasteiger partial charge in [-0.15, -0.1) is 0 Å². The third kappa shape index (κ3) is 2.48. The van der Waals surface area contributed by atoms with Crippen LogP contribution in [-0.2, 0) is 11.8 Å². The van der Waals surface area contributed by atoms with Gasteiger partial charge in [-0.3, -0.25) is 4.90 Å². The number of hydrogen-bond acceptors (Lipinski definition) is 4. The second kappa shape index (κ2) is 5.89. The molecule has 0 N–H and O–H groups in total. The molecular formula is C17H24N4O. The molecule has 118 valence electrons. The summed E-state index contributed by atoms with van der Waals surface area (Å²) in [5.74, 6) is 1.11. The Morgan fingerprint density at radius 3 is 2.77 bits per heavy atom. The van der Waals surface area contributed by atoms with E-state index in [9.17, 15) is 0 Å². The lowest BCUT2D eigenvalue weighted by Crippen LogP contribution is -2.52. The minimum absolute atomic E-state index is 0.637. The van der Waals surface area contributed by atoms with Gasteiger partial charge in [0, 0.05) is 39.3 Å². The van der Waals surface area contributed by atoms with Crippen molar-refractivity contribution in [2.45, 2.75) is 18.9 Å². The zero-order valence-electron chi connectivity index (χ0n) is 13.2. The number of nitrogens with zero attached hydrogens (tertiary/aromatic N) is 4. The minimum Gasteiger partial charge on any atom is -0.379 e. The monoisotopic (exact) mass is 300 g/mol. The van der Waals surface area contributed by atoms with Crippen LogP contribution < -0.4 is 4.90 Å². The molecule has 5 nitrogen and oxygen atoms in total. The van der Waals surface area contributed by atoms with Gasteiger partial charge >= 0.3 is 0 Å². The number of piperidine rings is 1. The summed E-state index contributed by atoms with van der Waals surface area (Å²) < 4.78 is 7.72. The lowest BCUT2D eigenvalue weighted by Gasteiger charge is -2.41. The van der Waals surface area contributed by atoms with E-state index < -0.39 is 0 Å². The van der Waals surface area contributed by atoms with Crippen molar-refractivity contribution in [1.29, 1.82) is 0 Å². The van der Waals surface area contributed by atoms with Gasteiger partial charge in [-0.1, -0.05) is 12.1 Å². The summed E-state index contributed by atoms with van der Waals surface area (Å²) in [4.78, 5) is 9.92. The Morgan fingerprint density at radius 1 is 1.14 bits per heavy atom.